The van der Waals surface area contributed by atoms with Crippen LogP contribution < -0.4 is 5.32 Å². The predicted octanol–water partition coefficient (Wildman–Crippen LogP) is 3.64. The molecule has 108 valence electrons. The van der Waals surface area contributed by atoms with E-state index in [1.165, 1.54) is 25.7 Å². The van der Waals surface area contributed by atoms with Gasteiger partial charge in [-0.2, -0.15) is 5.10 Å². The second-order valence-electron chi connectivity index (χ2n) is 6.57. The van der Waals surface area contributed by atoms with E-state index in [4.69, 9.17) is 0 Å². The van der Waals surface area contributed by atoms with Crippen LogP contribution in [0.1, 0.15) is 59.4 Å². The molecule has 1 aromatic heterocycles. The predicted molar refractivity (Wildman–Crippen MR) is 80.1 cm³/mol. The first-order valence-corrected chi connectivity index (χ1v) is 7.81. The van der Waals surface area contributed by atoms with E-state index in [9.17, 15) is 0 Å². The number of aromatic nitrogens is 2. The van der Waals surface area contributed by atoms with Gasteiger partial charge >= 0.3 is 0 Å². The van der Waals surface area contributed by atoms with Crippen molar-refractivity contribution in [3.8, 4) is 0 Å². The fraction of sp³-hybridized carbons (Fsp3) is 0.812. The molecule has 0 spiro atoms. The van der Waals surface area contributed by atoms with Gasteiger partial charge in [0.15, 0.2) is 0 Å². The van der Waals surface area contributed by atoms with E-state index >= 15 is 0 Å². The average Bonchev–Trinajstić information content (AvgIpc) is 2.93. The molecular formula is C16H29N3. The Morgan fingerprint density at radius 1 is 1.32 bits per heavy atom. The first kappa shape index (κ1) is 14.6. The zero-order chi connectivity index (χ0) is 13.9. The standard InChI is InChI=1S/C16H29N3/c1-5-16(3,4)13-8-9-14(17-6-2)15(12-13)19-11-7-10-18-19/h7,10-11,13-15,17H,5-6,8-9,12H2,1-4H3. The van der Waals surface area contributed by atoms with Crippen molar-refractivity contribution in [3.05, 3.63) is 18.5 Å². The van der Waals surface area contributed by atoms with E-state index < -0.39 is 0 Å². The smallest absolute Gasteiger partial charge is 0.0674 e. The van der Waals surface area contributed by atoms with Gasteiger partial charge in [0.2, 0.25) is 0 Å². The zero-order valence-corrected chi connectivity index (χ0v) is 12.9. The molecule has 0 saturated heterocycles. The third-order valence-corrected chi connectivity index (χ3v) is 5.16. The molecule has 0 amide bonds. The fourth-order valence-corrected chi connectivity index (χ4v) is 3.41. The fourth-order valence-electron chi connectivity index (χ4n) is 3.41. The Balaban J connectivity index is 2.14. The van der Waals surface area contributed by atoms with Crippen LogP contribution in [0.2, 0.25) is 0 Å². The van der Waals surface area contributed by atoms with Gasteiger partial charge in [-0.25, -0.2) is 0 Å². The van der Waals surface area contributed by atoms with E-state index in [1.807, 2.05) is 12.3 Å². The summed E-state index contributed by atoms with van der Waals surface area (Å²) in [5.74, 6) is 0.807. The Bertz CT molecular complexity index is 369. The molecule has 1 aromatic rings. The van der Waals surface area contributed by atoms with Gasteiger partial charge in [-0.05, 0) is 43.2 Å². The Morgan fingerprint density at radius 3 is 2.68 bits per heavy atom. The molecule has 1 heterocycles. The summed E-state index contributed by atoms with van der Waals surface area (Å²) in [5, 5.41) is 8.14. The molecule has 2 rings (SSSR count). The average molecular weight is 263 g/mol. The molecule has 3 unspecified atom stereocenters. The molecule has 3 heteroatoms. The Morgan fingerprint density at radius 2 is 2.11 bits per heavy atom. The number of rotatable bonds is 5. The van der Waals surface area contributed by atoms with Crippen molar-refractivity contribution in [2.75, 3.05) is 6.54 Å². The van der Waals surface area contributed by atoms with Crippen LogP contribution in [0.25, 0.3) is 0 Å². The first-order chi connectivity index (χ1) is 9.08. The molecule has 19 heavy (non-hydrogen) atoms. The third kappa shape index (κ3) is 3.19. The number of nitrogens with zero attached hydrogens (tertiary/aromatic N) is 2. The van der Waals surface area contributed by atoms with Crippen LogP contribution in [-0.4, -0.2) is 22.4 Å². The minimum absolute atomic E-state index is 0.447. The van der Waals surface area contributed by atoms with Crippen LogP contribution in [0, 0.1) is 11.3 Å². The molecule has 3 atom stereocenters. The van der Waals surface area contributed by atoms with Gasteiger partial charge in [0.1, 0.15) is 0 Å². The Kier molecular flexibility index (Phi) is 4.67. The number of nitrogens with one attached hydrogen (secondary N) is 1. The molecule has 0 aromatic carbocycles. The van der Waals surface area contributed by atoms with Gasteiger partial charge in [0.05, 0.1) is 6.04 Å². The second-order valence-corrected chi connectivity index (χ2v) is 6.57. The van der Waals surface area contributed by atoms with E-state index in [0.717, 1.165) is 12.5 Å². The molecule has 1 fully saturated rings. The molecule has 3 nitrogen and oxygen atoms in total. The summed E-state index contributed by atoms with van der Waals surface area (Å²) < 4.78 is 2.17. The van der Waals surface area contributed by atoms with Crippen LogP contribution in [0.5, 0.6) is 0 Å². The van der Waals surface area contributed by atoms with Crippen LogP contribution >= 0.6 is 0 Å². The zero-order valence-electron chi connectivity index (χ0n) is 12.9. The van der Waals surface area contributed by atoms with Crippen molar-refractivity contribution in [3.63, 3.8) is 0 Å². The Labute approximate surface area is 117 Å². The summed E-state index contributed by atoms with van der Waals surface area (Å²) in [5.41, 5.74) is 0.447. The van der Waals surface area contributed by atoms with Gasteiger partial charge < -0.3 is 5.32 Å². The van der Waals surface area contributed by atoms with Crippen LogP contribution in [-0.2, 0) is 0 Å². The van der Waals surface area contributed by atoms with Gasteiger partial charge in [0.25, 0.3) is 0 Å². The molecule has 1 saturated carbocycles. The largest absolute Gasteiger partial charge is 0.312 e. The summed E-state index contributed by atoms with van der Waals surface area (Å²) in [6.07, 6.45) is 9.15. The van der Waals surface area contributed by atoms with Crippen LogP contribution in [0.4, 0.5) is 0 Å². The maximum absolute atomic E-state index is 4.49. The Hall–Kier alpha value is -0.830. The molecule has 0 aliphatic heterocycles. The molecule has 1 aliphatic carbocycles. The summed E-state index contributed by atoms with van der Waals surface area (Å²) in [6.45, 7) is 10.4. The molecule has 0 bridgehead atoms. The summed E-state index contributed by atoms with van der Waals surface area (Å²) in [4.78, 5) is 0. The third-order valence-electron chi connectivity index (χ3n) is 5.16. The van der Waals surface area contributed by atoms with Crippen LogP contribution in [0.3, 0.4) is 0 Å². The van der Waals surface area contributed by atoms with Gasteiger partial charge in [-0.1, -0.05) is 34.1 Å². The monoisotopic (exact) mass is 263 g/mol. The maximum atomic E-state index is 4.49. The number of hydrogen-bond acceptors (Lipinski definition) is 2. The number of likely N-dealkylation sites (N-methyl/N-ethyl adjacent to an activating group) is 1. The van der Waals surface area contributed by atoms with Crippen molar-refractivity contribution < 1.29 is 0 Å². The van der Waals surface area contributed by atoms with Crippen molar-refractivity contribution >= 4 is 0 Å². The van der Waals surface area contributed by atoms with Crippen molar-refractivity contribution in [1.82, 2.24) is 15.1 Å². The van der Waals surface area contributed by atoms with Crippen molar-refractivity contribution in [2.45, 2.75) is 65.5 Å². The van der Waals surface area contributed by atoms with E-state index in [1.54, 1.807) is 0 Å². The van der Waals surface area contributed by atoms with E-state index in [2.05, 4.69) is 49.0 Å². The lowest BCUT2D eigenvalue weighted by Crippen LogP contribution is -2.44. The second kappa shape index (κ2) is 6.08. The lowest BCUT2D eigenvalue weighted by atomic mass is 9.67. The van der Waals surface area contributed by atoms with Gasteiger partial charge in [-0.3, -0.25) is 4.68 Å². The highest BCUT2D eigenvalue weighted by Gasteiger charge is 2.37. The quantitative estimate of drug-likeness (QED) is 0.879. The minimum Gasteiger partial charge on any atom is -0.312 e. The highest BCUT2D eigenvalue weighted by atomic mass is 15.3. The first-order valence-electron chi connectivity index (χ1n) is 7.81. The van der Waals surface area contributed by atoms with E-state index in [0.29, 0.717) is 17.5 Å². The molecule has 1 aliphatic rings. The lowest BCUT2D eigenvalue weighted by Gasteiger charge is -2.43. The minimum atomic E-state index is 0.447. The van der Waals surface area contributed by atoms with E-state index in [-0.39, 0.29) is 0 Å². The van der Waals surface area contributed by atoms with Gasteiger partial charge in [-0.15, -0.1) is 0 Å². The van der Waals surface area contributed by atoms with Gasteiger partial charge in [0, 0.05) is 18.4 Å². The normalized spacial score (nSPS) is 28.5. The summed E-state index contributed by atoms with van der Waals surface area (Å²) >= 11 is 0. The topological polar surface area (TPSA) is 29.9 Å². The summed E-state index contributed by atoms with van der Waals surface area (Å²) in [6, 6.07) is 3.13. The summed E-state index contributed by atoms with van der Waals surface area (Å²) in [7, 11) is 0. The van der Waals surface area contributed by atoms with Crippen LogP contribution in [0.15, 0.2) is 18.5 Å². The van der Waals surface area contributed by atoms with Crippen molar-refractivity contribution in [1.29, 1.82) is 0 Å². The molecule has 1 N–H and O–H groups in total. The molecular weight excluding hydrogens is 234 g/mol. The maximum Gasteiger partial charge on any atom is 0.0674 e. The lowest BCUT2D eigenvalue weighted by molar-refractivity contribution is 0.0966. The SMILES string of the molecule is CCNC1CCC(C(C)(C)CC)CC1n1cccn1. The molecule has 0 radical (unpaired) electrons. The highest BCUT2D eigenvalue weighted by molar-refractivity contribution is 4.94. The van der Waals surface area contributed by atoms with Crippen molar-refractivity contribution in [2.24, 2.45) is 11.3 Å². The highest BCUT2D eigenvalue weighted by Crippen LogP contribution is 2.43. The number of hydrogen-bond donors (Lipinski definition) is 1.